The third-order valence-corrected chi connectivity index (χ3v) is 5.05. The summed E-state index contributed by atoms with van der Waals surface area (Å²) in [4.78, 5) is 0.379. The van der Waals surface area contributed by atoms with Crippen molar-refractivity contribution < 1.29 is 0 Å². The molecule has 1 unspecified atom stereocenters. The molecule has 0 radical (unpaired) electrons. The molecule has 0 aromatic heterocycles. The topological polar surface area (TPSA) is 0 Å². The van der Waals surface area contributed by atoms with Gasteiger partial charge in [-0.15, -0.1) is 0 Å². The third-order valence-electron chi connectivity index (χ3n) is 4.27. The van der Waals surface area contributed by atoms with Gasteiger partial charge in [-0.1, -0.05) is 51.8 Å². The Hall–Kier alpha value is -1.08. The van der Waals surface area contributed by atoms with Crippen molar-refractivity contribution in [2.24, 2.45) is 0 Å². The Morgan fingerprint density at radius 2 is 1.35 bits per heavy atom. The number of halogens is 1. The predicted molar refractivity (Wildman–Crippen MR) is 91.9 cm³/mol. The van der Waals surface area contributed by atoms with Crippen molar-refractivity contribution in [3.8, 4) is 0 Å². The van der Waals surface area contributed by atoms with Crippen LogP contribution < -0.4 is 0 Å². The fourth-order valence-corrected chi connectivity index (χ4v) is 3.81. The molecule has 0 spiro atoms. The van der Waals surface area contributed by atoms with Crippen LogP contribution >= 0.6 is 15.9 Å². The van der Waals surface area contributed by atoms with Gasteiger partial charge in [0.2, 0.25) is 0 Å². The van der Waals surface area contributed by atoms with Gasteiger partial charge < -0.3 is 0 Å². The molecule has 0 aliphatic heterocycles. The van der Waals surface area contributed by atoms with Gasteiger partial charge in [0.15, 0.2) is 0 Å². The number of hydrogen-bond donors (Lipinski definition) is 0. The summed E-state index contributed by atoms with van der Waals surface area (Å²) in [7, 11) is 0. The highest BCUT2D eigenvalue weighted by molar-refractivity contribution is 9.09. The van der Waals surface area contributed by atoms with Gasteiger partial charge in [-0.25, -0.2) is 0 Å². The van der Waals surface area contributed by atoms with Crippen LogP contribution in [0, 0.1) is 34.6 Å². The molecule has 0 heterocycles. The lowest BCUT2D eigenvalue weighted by Crippen LogP contribution is -2.04. The van der Waals surface area contributed by atoms with Crippen molar-refractivity contribution in [2.75, 3.05) is 0 Å². The van der Waals surface area contributed by atoms with Gasteiger partial charge in [0.25, 0.3) is 0 Å². The number of hydrogen-bond acceptors (Lipinski definition) is 0. The summed E-state index contributed by atoms with van der Waals surface area (Å²) in [5.74, 6) is 0. The maximum Gasteiger partial charge on any atom is 0.0441 e. The summed E-state index contributed by atoms with van der Waals surface area (Å²) in [5, 5.41) is 0. The van der Waals surface area contributed by atoms with E-state index in [4.69, 9.17) is 0 Å². The third kappa shape index (κ3) is 3.15. The Morgan fingerprint density at radius 1 is 0.850 bits per heavy atom. The number of benzene rings is 2. The van der Waals surface area contributed by atoms with Crippen LogP contribution in [0.15, 0.2) is 30.3 Å². The van der Waals surface area contributed by atoms with E-state index in [2.05, 4.69) is 80.9 Å². The van der Waals surface area contributed by atoms with Crippen molar-refractivity contribution in [3.63, 3.8) is 0 Å². The van der Waals surface area contributed by atoms with E-state index in [1.54, 1.807) is 0 Å². The van der Waals surface area contributed by atoms with E-state index in [1.165, 1.54) is 38.9 Å². The van der Waals surface area contributed by atoms with Gasteiger partial charge in [-0.2, -0.15) is 0 Å². The van der Waals surface area contributed by atoms with Crippen LogP contribution in [0.3, 0.4) is 0 Å². The molecule has 2 aromatic rings. The van der Waals surface area contributed by atoms with Crippen molar-refractivity contribution in [2.45, 2.75) is 45.9 Å². The summed E-state index contributed by atoms with van der Waals surface area (Å²) in [6.07, 6.45) is 1.03. The lowest BCUT2D eigenvalue weighted by molar-refractivity contribution is 0.918. The molecular weight excluding hydrogens is 308 g/mol. The fourth-order valence-electron chi connectivity index (χ4n) is 2.75. The molecule has 0 saturated heterocycles. The molecule has 0 aliphatic rings. The van der Waals surface area contributed by atoms with Crippen LogP contribution in [0.5, 0.6) is 0 Å². The second-order valence-corrected chi connectivity index (χ2v) is 6.94. The van der Waals surface area contributed by atoms with Crippen LogP contribution in [-0.2, 0) is 6.42 Å². The Bertz CT molecular complexity index is 582. The Labute approximate surface area is 131 Å². The monoisotopic (exact) mass is 330 g/mol. The first-order chi connectivity index (χ1) is 9.40. The first-order valence-electron chi connectivity index (χ1n) is 7.17. The molecule has 0 N–H and O–H groups in total. The minimum absolute atomic E-state index is 0.379. The maximum atomic E-state index is 3.91. The molecule has 0 saturated carbocycles. The molecule has 2 rings (SSSR count). The molecule has 0 fully saturated rings. The second-order valence-electron chi connectivity index (χ2n) is 5.83. The van der Waals surface area contributed by atoms with Gasteiger partial charge in [-0.3, -0.25) is 0 Å². The first kappa shape index (κ1) is 15.3. The first-order valence-corrected chi connectivity index (χ1v) is 8.08. The minimum Gasteiger partial charge on any atom is -0.0835 e. The molecule has 2 aromatic carbocycles. The average Bonchev–Trinajstić information content (AvgIpc) is 2.39. The van der Waals surface area contributed by atoms with Gasteiger partial charge in [0.1, 0.15) is 0 Å². The Morgan fingerprint density at radius 3 is 1.85 bits per heavy atom. The lowest BCUT2D eigenvalue weighted by atomic mass is 9.90. The van der Waals surface area contributed by atoms with Crippen LogP contribution in [0.25, 0.3) is 0 Å². The van der Waals surface area contributed by atoms with E-state index >= 15 is 0 Å². The summed E-state index contributed by atoms with van der Waals surface area (Å²) >= 11 is 3.91. The second kappa shape index (κ2) is 6.13. The molecule has 0 bridgehead atoms. The SMILES string of the molecule is Cc1ccc(CC(Br)c2c(C)c(C)cc(C)c2C)cc1. The largest absolute Gasteiger partial charge is 0.0835 e. The van der Waals surface area contributed by atoms with E-state index in [0.717, 1.165) is 6.42 Å². The van der Waals surface area contributed by atoms with Crippen LogP contribution in [0.4, 0.5) is 0 Å². The van der Waals surface area contributed by atoms with E-state index in [0.29, 0.717) is 4.83 Å². The molecule has 106 valence electrons. The highest BCUT2D eigenvalue weighted by Crippen LogP contribution is 2.34. The van der Waals surface area contributed by atoms with Gasteiger partial charge in [-0.05, 0) is 74.4 Å². The van der Waals surface area contributed by atoms with Crippen LogP contribution in [-0.4, -0.2) is 0 Å². The molecule has 0 amide bonds. The number of aryl methyl sites for hydroxylation is 3. The highest BCUT2D eigenvalue weighted by atomic mass is 79.9. The lowest BCUT2D eigenvalue weighted by Gasteiger charge is -2.20. The molecular formula is C19H23Br. The van der Waals surface area contributed by atoms with E-state index in [-0.39, 0.29) is 0 Å². The number of alkyl halides is 1. The van der Waals surface area contributed by atoms with Crippen LogP contribution in [0.2, 0.25) is 0 Å². The zero-order valence-electron chi connectivity index (χ0n) is 13.0. The normalized spacial score (nSPS) is 12.5. The Kier molecular flexibility index (Phi) is 4.70. The molecule has 20 heavy (non-hydrogen) atoms. The van der Waals surface area contributed by atoms with E-state index in [9.17, 15) is 0 Å². The molecule has 1 heteroatoms. The van der Waals surface area contributed by atoms with E-state index in [1.807, 2.05) is 0 Å². The Balaban J connectivity index is 2.34. The van der Waals surface area contributed by atoms with Gasteiger partial charge >= 0.3 is 0 Å². The highest BCUT2D eigenvalue weighted by Gasteiger charge is 2.16. The predicted octanol–water partition coefficient (Wildman–Crippen LogP) is 5.91. The average molecular weight is 331 g/mol. The number of rotatable bonds is 3. The van der Waals surface area contributed by atoms with Crippen molar-refractivity contribution in [3.05, 3.63) is 69.3 Å². The summed E-state index contributed by atoms with van der Waals surface area (Å²) in [6, 6.07) is 11.1. The molecule has 1 atom stereocenters. The smallest absolute Gasteiger partial charge is 0.0441 e. The van der Waals surface area contributed by atoms with Gasteiger partial charge in [0, 0.05) is 4.83 Å². The fraction of sp³-hybridized carbons (Fsp3) is 0.368. The van der Waals surface area contributed by atoms with Gasteiger partial charge in [0.05, 0.1) is 0 Å². The molecule has 0 nitrogen and oxygen atoms in total. The van der Waals surface area contributed by atoms with Crippen LogP contribution in [0.1, 0.15) is 43.8 Å². The minimum atomic E-state index is 0.379. The summed E-state index contributed by atoms with van der Waals surface area (Å²) in [6.45, 7) is 11.0. The zero-order valence-corrected chi connectivity index (χ0v) is 14.6. The standard InChI is InChI=1S/C19H23Br/c1-12-6-8-17(9-7-12)11-18(20)19-15(4)13(2)10-14(3)16(19)5/h6-10,18H,11H2,1-5H3. The van der Waals surface area contributed by atoms with Crippen molar-refractivity contribution >= 4 is 15.9 Å². The maximum absolute atomic E-state index is 3.91. The summed E-state index contributed by atoms with van der Waals surface area (Å²) < 4.78 is 0. The van der Waals surface area contributed by atoms with E-state index < -0.39 is 0 Å². The zero-order chi connectivity index (χ0) is 14.9. The van der Waals surface area contributed by atoms with Crippen molar-refractivity contribution in [1.29, 1.82) is 0 Å². The van der Waals surface area contributed by atoms with Crippen molar-refractivity contribution in [1.82, 2.24) is 0 Å². The molecule has 0 aliphatic carbocycles. The summed E-state index contributed by atoms with van der Waals surface area (Å²) in [5.41, 5.74) is 9.77. The quantitative estimate of drug-likeness (QED) is 0.614.